The summed E-state index contributed by atoms with van der Waals surface area (Å²) in [5.74, 6) is 0.363. The van der Waals surface area contributed by atoms with Gasteiger partial charge in [0.1, 0.15) is 11.6 Å². The van der Waals surface area contributed by atoms with E-state index < -0.39 is 0 Å². The van der Waals surface area contributed by atoms with Crippen LogP contribution in [0.5, 0.6) is 5.75 Å². The average Bonchev–Trinajstić information content (AvgIpc) is 2.70. The second kappa shape index (κ2) is 7.77. The number of aromatic nitrogens is 1. The van der Waals surface area contributed by atoms with Crippen molar-refractivity contribution in [1.82, 2.24) is 9.88 Å². The molecule has 1 aliphatic heterocycles. The Kier molecular flexibility index (Phi) is 5.07. The summed E-state index contributed by atoms with van der Waals surface area (Å²) in [7, 11) is 0. The molecule has 2 fully saturated rings. The summed E-state index contributed by atoms with van der Waals surface area (Å²) in [6, 6.07) is 13.3. The molecule has 2 aromatic carbocycles. The molecule has 2 aliphatic rings. The molecule has 1 unspecified atom stereocenters. The lowest BCUT2D eigenvalue weighted by Gasteiger charge is -2.59. The summed E-state index contributed by atoms with van der Waals surface area (Å²) in [6.07, 6.45) is 3.67. The zero-order valence-electron chi connectivity index (χ0n) is 17.1. The number of likely N-dealkylation sites (tertiary alicyclic amines) is 1. The van der Waals surface area contributed by atoms with Crippen molar-refractivity contribution in [2.24, 2.45) is 5.41 Å². The van der Waals surface area contributed by atoms with Crippen molar-refractivity contribution in [2.75, 3.05) is 18.4 Å². The fourth-order valence-corrected chi connectivity index (χ4v) is 4.78. The van der Waals surface area contributed by atoms with Crippen LogP contribution in [-0.4, -0.2) is 41.0 Å². The lowest BCUT2D eigenvalue weighted by Crippen LogP contribution is -2.67. The van der Waals surface area contributed by atoms with Gasteiger partial charge in [0.2, 0.25) is 5.91 Å². The normalized spacial score (nSPS) is 18.9. The lowest BCUT2D eigenvalue weighted by atomic mass is 9.61. The molecule has 1 N–H and O–H groups in total. The number of anilines is 1. The highest BCUT2D eigenvalue weighted by atomic mass is 35.5. The molecule has 1 spiro atoms. The number of ether oxygens (including phenoxy) is 1. The molecule has 5 nitrogen and oxygen atoms in total. The summed E-state index contributed by atoms with van der Waals surface area (Å²) in [4.78, 5) is 19.0. The van der Waals surface area contributed by atoms with E-state index in [2.05, 4.69) is 15.2 Å². The summed E-state index contributed by atoms with van der Waals surface area (Å²) in [5, 5.41) is 4.29. The Balaban J connectivity index is 1.14. The van der Waals surface area contributed by atoms with Gasteiger partial charge in [0.15, 0.2) is 0 Å². The Morgan fingerprint density at radius 2 is 1.97 bits per heavy atom. The van der Waals surface area contributed by atoms with Crippen molar-refractivity contribution in [2.45, 2.75) is 31.9 Å². The van der Waals surface area contributed by atoms with E-state index in [1.54, 1.807) is 42.6 Å². The quantitative estimate of drug-likeness (QED) is 0.614. The van der Waals surface area contributed by atoms with Gasteiger partial charge in [-0.15, -0.1) is 0 Å². The van der Waals surface area contributed by atoms with E-state index in [0.717, 1.165) is 37.1 Å². The number of benzene rings is 2. The molecule has 3 aromatic rings. The zero-order chi connectivity index (χ0) is 21.6. The first-order valence-electron chi connectivity index (χ1n) is 10.4. The van der Waals surface area contributed by atoms with Crippen LogP contribution in [0.1, 0.15) is 19.8 Å². The lowest BCUT2D eigenvalue weighted by molar-refractivity contribution is -0.145. The highest BCUT2D eigenvalue weighted by molar-refractivity contribution is 6.30. The van der Waals surface area contributed by atoms with Crippen LogP contribution < -0.4 is 10.1 Å². The number of fused-ring (bicyclic) bond motifs is 1. The average molecular weight is 440 g/mol. The van der Waals surface area contributed by atoms with Crippen LogP contribution in [0.3, 0.4) is 0 Å². The molecule has 1 amide bonds. The number of carbonyl (C=O) groups excluding carboxylic acids is 1. The van der Waals surface area contributed by atoms with E-state index in [9.17, 15) is 9.18 Å². The highest BCUT2D eigenvalue weighted by Crippen LogP contribution is 2.50. The van der Waals surface area contributed by atoms with Crippen LogP contribution in [0.4, 0.5) is 10.1 Å². The number of rotatable bonds is 5. The van der Waals surface area contributed by atoms with E-state index in [4.69, 9.17) is 16.3 Å². The van der Waals surface area contributed by atoms with Crippen molar-refractivity contribution >= 4 is 34.1 Å². The van der Waals surface area contributed by atoms with Crippen LogP contribution in [0.25, 0.3) is 10.9 Å². The first-order chi connectivity index (χ1) is 14.9. The third-order valence-corrected chi connectivity index (χ3v) is 6.65. The molecule has 1 saturated heterocycles. The molecule has 7 heteroatoms. The third kappa shape index (κ3) is 3.98. The number of halogens is 2. The molecule has 31 heavy (non-hydrogen) atoms. The fraction of sp³-hybridized carbons (Fsp3) is 0.333. The molecule has 160 valence electrons. The minimum atomic E-state index is -0.295. The van der Waals surface area contributed by atoms with Gasteiger partial charge in [-0.05, 0) is 68.3 Å². The maximum absolute atomic E-state index is 13.6. The number of hydrogen-bond donors (Lipinski definition) is 1. The Morgan fingerprint density at radius 3 is 2.71 bits per heavy atom. The summed E-state index contributed by atoms with van der Waals surface area (Å²) in [5.41, 5.74) is 1.69. The van der Waals surface area contributed by atoms with E-state index in [1.165, 1.54) is 12.1 Å². The van der Waals surface area contributed by atoms with E-state index in [1.807, 2.05) is 6.92 Å². The Labute approximate surface area is 185 Å². The Hall–Kier alpha value is -2.70. The fourth-order valence-electron chi connectivity index (χ4n) is 4.66. The van der Waals surface area contributed by atoms with Gasteiger partial charge in [-0.25, -0.2) is 4.39 Å². The number of amides is 1. The van der Waals surface area contributed by atoms with Crippen LogP contribution in [-0.2, 0) is 4.79 Å². The Bertz CT molecular complexity index is 1120. The highest BCUT2D eigenvalue weighted by Gasteiger charge is 2.54. The monoisotopic (exact) mass is 439 g/mol. The van der Waals surface area contributed by atoms with Crippen LogP contribution >= 0.6 is 11.6 Å². The Morgan fingerprint density at radius 1 is 1.23 bits per heavy atom. The van der Waals surface area contributed by atoms with E-state index in [-0.39, 0.29) is 29.3 Å². The number of pyridine rings is 1. The molecule has 1 saturated carbocycles. The third-order valence-electron chi connectivity index (χ3n) is 6.39. The smallest absolute Gasteiger partial charge is 0.241 e. The minimum Gasteiger partial charge on any atom is -0.490 e. The number of carbonyl (C=O) groups is 1. The maximum atomic E-state index is 13.6. The van der Waals surface area contributed by atoms with Gasteiger partial charge in [-0.2, -0.15) is 0 Å². The number of nitrogens with zero attached hydrogens (tertiary/aromatic N) is 2. The molecule has 2 heterocycles. The second-order valence-electron chi connectivity index (χ2n) is 8.70. The van der Waals surface area contributed by atoms with Crippen LogP contribution in [0.15, 0.2) is 54.7 Å². The molecule has 1 aliphatic carbocycles. The van der Waals surface area contributed by atoms with Crippen LogP contribution in [0.2, 0.25) is 5.02 Å². The zero-order valence-corrected chi connectivity index (χ0v) is 17.9. The van der Waals surface area contributed by atoms with Crippen molar-refractivity contribution in [3.63, 3.8) is 0 Å². The standard InChI is InChI=1S/C24H23ClFN3O2/c1-15(23(30)28-18-5-2-16(25)3-6-18)29-13-24(14-29)11-19(12-24)31-22-8-9-27-21-7-4-17(26)10-20(21)22/h2-10,15,19H,11-14H2,1H3,(H,28,30). The largest absolute Gasteiger partial charge is 0.490 e. The summed E-state index contributed by atoms with van der Waals surface area (Å²) >= 11 is 5.89. The number of nitrogens with one attached hydrogen (secondary N) is 1. The van der Waals surface area contributed by atoms with Gasteiger partial charge in [-0.3, -0.25) is 14.7 Å². The molecule has 0 bridgehead atoms. The predicted molar refractivity (Wildman–Crippen MR) is 119 cm³/mol. The minimum absolute atomic E-state index is 0.0189. The van der Waals surface area contributed by atoms with E-state index in [0.29, 0.717) is 16.2 Å². The first kappa shape index (κ1) is 20.2. The second-order valence-corrected chi connectivity index (χ2v) is 9.13. The molecular formula is C24H23ClFN3O2. The predicted octanol–water partition coefficient (Wildman–Crippen LogP) is 4.90. The number of hydrogen-bond acceptors (Lipinski definition) is 4. The maximum Gasteiger partial charge on any atom is 0.241 e. The van der Waals surface area contributed by atoms with Crippen molar-refractivity contribution in [3.8, 4) is 5.75 Å². The van der Waals surface area contributed by atoms with Gasteiger partial charge in [0.25, 0.3) is 0 Å². The van der Waals surface area contributed by atoms with Gasteiger partial charge in [0, 0.05) is 40.8 Å². The van der Waals surface area contributed by atoms with E-state index >= 15 is 0 Å². The molecule has 5 rings (SSSR count). The van der Waals surface area contributed by atoms with Gasteiger partial charge >= 0.3 is 0 Å². The molecule has 1 aromatic heterocycles. The van der Waals surface area contributed by atoms with Crippen LogP contribution in [0, 0.1) is 11.2 Å². The summed E-state index contributed by atoms with van der Waals surface area (Å²) < 4.78 is 19.8. The van der Waals surface area contributed by atoms with Crippen molar-refractivity contribution in [1.29, 1.82) is 0 Å². The van der Waals surface area contributed by atoms with Gasteiger partial charge < -0.3 is 10.1 Å². The topological polar surface area (TPSA) is 54.5 Å². The summed E-state index contributed by atoms with van der Waals surface area (Å²) in [6.45, 7) is 3.70. The SMILES string of the molecule is CC(C(=O)Nc1ccc(Cl)cc1)N1CC2(CC(Oc3ccnc4ccc(F)cc34)C2)C1. The molecule has 1 atom stereocenters. The first-order valence-corrected chi connectivity index (χ1v) is 10.8. The molecule has 0 radical (unpaired) electrons. The molecular weight excluding hydrogens is 417 g/mol. The van der Waals surface area contributed by atoms with Gasteiger partial charge in [-0.1, -0.05) is 11.6 Å². The van der Waals surface area contributed by atoms with Crippen molar-refractivity contribution in [3.05, 3.63) is 65.6 Å². The van der Waals surface area contributed by atoms with Gasteiger partial charge in [0.05, 0.1) is 17.7 Å². The van der Waals surface area contributed by atoms with Crippen molar-refractivity contribution < 1.29 is 13.9 Å².